The molecule has 1 N–H and O–H groups in total. The zero-order chi connectivity index (χ0) is 23.8. The molecule has 0 spiro atoms. The molecule has 0 saturated heterocycles. The number of aromatic nitrogens is 2. The third-order valence-corrected chi connectivity index (χ3v) is 6.56. The first-order chi connectivity index (χ1) is 16.4. The number of Topliss-reactive ketones (excluding diaryl/α,β-unsaturated/α-hetero) is 1. The number of fused-ring (bicyclic) bond motifs is 3. The van der Waals surface area contributed by atoms with Gasteiger partial charge in [0, 0.05) is 37.2 Å². The van der Waals surface area contributed by atoms with Crippen LogP contribution in [0, 0.1) is 19.7 Å². The van der Waals surface area contributed by atoms with Gasteiger partial charge >= 0.3 is 5.69 Å². The van der Waals surface area contributed by atoms with E-state index in [4.69, 9.17) is 0 Å². The maximum atomic E-state index is 14.0. The predicted molar refractivity (Wildman–Crippen MR) is 132 cm³/mol. The molecule has 1 aliphatic rings. The van der Waals surface area contributed by atoms with Gasteiger partial charge in [-0.2, -0.15) is 4.98 Å². The van der Waals surface area contributed by atoms with Crippen LogP contribution in [0.25, 0.3) is 10.9 Å². The van der Waals surface area contributed by atoms with Crippen LogP contribution in [0.2, 0.25) is 0 Å². The second-order valence-electron chi connectivity index (χ2n) is 9.13. The van der Waals surface area contributed by atoms with Crippen molar-refractivity contribution < 1.29 is 9.18 Å². The van der Waals surface area contributed by atoms with Gasteiger partial charge < -0.3 is 5.32 Å². The lowest BCUT2D eigenvalue weighted by atomic mass is 9.90. The number of aryl methyl sites for hydroxylation is 2. The topological polar surface area (TPSA) is 64.0 Å². The molecular formula is C28H26FN3O2. The smallest absolute Gasteiger partial charge is 0.349 e. The summed E-state index contributed by atoms with van der Waals surface area (Å²) in [4.78, 5) is 29.5. The summed E-state index contributed by atoms with van der Waals surface area (Å²) in [6, 6.07) is 18.5. The Morgan fingerprint density at radius 3 is 2.74 bits per heavy atom. The molecule has 2 heterocycles. The number of nitrogens with one attached hydrogen (secondary N) is 1. The monoisotopic (exact) mass is 455 g/mol. The van der Waals surface area contributed by atoms with Gasteiger partial charge in [-0.05, 0) is 54.3 Å². The number of hydrogen-bond donors (Lipinski definition) is 1. The Bertz CT molecular complexity index is 1470. The normalized spacial score (nSPS) is 15.1. The number of hydrogen-bond acceptors (Lipinski definition) is 4. The summed E-state index contributed by atoms with van der Waals surface area (Å²) in [5, 5.41) is 4.38. The van der Waals surface area contributed by atoms with Gasteiger partial charge in [0.1, 0.15) is 17.4 Å². The standard InChI is InChI=1S/C28H26FN3O2/c1-17-7-10-25(29)20(11-17)14-22(33)13-19-8-9-23(18(2)12-19)21-15-30-27-24-5-3-4-6-26(24)31-28(34)32(27)16-21/h3-12,21,30H,13-16H2,1-2H3. The lowest BCUT2D eigenvalue weighted by molar-refractivity contribution is -0.117. The summed E-state index contributed by atoms with van der Waals surface area (Å²) >= 11 is 0. The SMILES string of the molecule is Cc1ccc(F)c(CC(=O)Cc2ccc(C3CNc4c5ccccc5nc(=O)n4C3)c(C)c2)c1. The second kappa shape index (κ2) is 8.86. The zero-order valence-corrected chi connectivity index (χ0v) is 19.3. The van der Waals surface area contributed by atoms with Crippen LogP contribution in [0.4, 0.5) is 10.2 Å². The quantitative estimate of drug-likeness (QED) is 0.473. The van der Waals surface area contributed by atoms with Crippen LogP contribution in [-0.2, 0) is 24.2 Å². The number of carbonyl (C=O) groups is 1. The number of carbonyl (C=O) groups excluding carboxylic acids is 1. The molecule has 0 saturated carbocycles. The minimum Gasteiger partial charge on any atom is -0.370 e. The van der Waals surface area contributed by atoms with Crippen molar-refractivity contribution >= 4 is 22.5 Å². The summed E-state index contributed by atoms with van der Waals surface area (Å²) in [7, 11) is 0. The van der Waals surface area contributed by atoms with Crippen molar-refractivity contribution in [1.29, 1.82) is 0 Å². The lowest BCUT2D eigenvalue weighted by Crippen LogP contribution is -2.35. The molecule has 0 amide bonds. The van der Waals surface area contributed by atoms with E-state index >= 15 is 0 Å². The molecule has 1 aromatic heterocycles. The molecule has 0 aliphatic carbocycles. The van der Waals surface area contributed by atoms with Crippen molar-refractivity contribution in [3.63, 3.8) is 0 Å². The number of rotatable bonds is 5. The van der Waals surface area contributed by atoms with Crippen molar-refractivity contribution in [1.82, 2.24) is 9.55 Å². The molecule has 5 nitrogen and oxygen atoms in total. The van der Waals surface area contributed by atoms with Crippen molar-refractivity contribution in [2.75, 3.05) is 11.9 Å². The van der Waals surface area contributed by atoms with Gasteiger partial charge in [0.15, 0.2) is 0 Å². The minimum absolute atomic E-state index is 0.0191. The Balaban J connectivity index is 1.34. The summed E-state index contributed by atoms with van der Waals surface area (Å²) < 4.78 is 15.7. The van der Waals surface area contributed by atoms with Gasteiger partial charge in [-0.25, -0.2) is 9.18 Å². The van der Waals surface area contributed by atoms with Crippen LogP contribution in [-0.4, -0.2) is 21.9 Å². The highest BCUT2D eigenvalue weighted by Gasteiger charge is 2.24. The average Bonchev–Trinajstić information content (AvgIpc) is 2.81. The Hall–Kier alpha value is -3.80. The lowest BCUT2D eigenvalue weighted by Gasteiger charge is -2.29. The van der Waals surface area contributed by atoms with Gasteiger partial charge in [-0.15, -0.1) is 0 Å². The summed E-state index contributed by atoms with van der Waals surface area (Å²) in [6.07, 6.45) is 0.344. The van der Waals surface area contributed by atoms with Crippen LogP contribution in [0.1, 0.15) is 33.7 Å². The molecule has 0 radical (unpaired) electrons. The molecule has 1 unspecified atom stereocenters. The maximum absolute atomic E-state index is 14.0. The van der Waals surface area contributed by atoms with E-state index in [1.54, 1.807) is 16.7 Å². The van der Waals surface area contributed by atoms with E-state index in [-0.39, 0.29) is 36.0 Å². The second-order valence-corrected chi connectivity index (χ2v) is 9.13. The van der Waals surface area contributed by atoms with Gasteiger partial charge in [0.2, 0.25) is 0 Å². The molecule has 3 aromatic carbocycles. The van der Waals surface area contributed by atoms with Crippen LogP contribution in [0.5, 0.6) is 0 Å². The average molecular weight is 456 g/mol. The van der Waals surface area contributed by atoms with Crippen LogP contribution in [0.3, 0.4) is 0 Å². The molecule has 4 aromatic rings. The number of ketones is 1. The van der Waals surface area contributed by atoms with Gasteiger partial charge in [0.05, 0.1) is 5.52 Å². The van der Waals surface area contributed by atoms with Crippen molar-refractivity contribution in [3.8, 4) is 0 Å². The van der Waals surface area contributed by atoms with E-state index in [0.29, 0.717) is 24.2 Å². The first-order valence-electron chi connectivity index (χ1n) is 11.5. The Labute approximate surface area is 197 Å². The zero-order valence-electron chi connectivity index (χ0n) is 19.3. The van der Waals surface area contributed by atoms with Crippen molar-refractivity contribution in [2.45, 2.75) is 39.2 Å². The first kappa shape index (κ1) is 22.0. The van der Waals surface area contributed by atoms with Crippen LogP contribution >= 0.6 is 0 Å². The van der Waals surface area contributed by atoms with Gasteiger partial charge in [-0.1, -0.05) is 48.0 Å². The minimum atomic E-state index is -0.340. The van der Waals surface area contributed by atoms with Gasteiger partial charge in [0.25, 0.3) is 0 Å². The van der Waals surface area contributed by atoms with Crippen LogP contribution < -0.4 is 11.0 Å². The van der Waals surface area contributed by atoms with Gasteiger partial charge in [-0.3, -0.25) is 9.36 Å². The van der Waals surface area contributed by atoms with Crippen molar-refractivity contribution in [3.05, 3.63) is 105 Å². The number of para-hydroxylation sites is 1. The maximum Gasteiger partial charge on any atom is 0.349 e. The molecule has 0 fully saturated rings. The largest absolute Gasteiger partial charge is 0.370 e. The van der Waals surface area contributed by atoms with E-state index < -0.39 is 0 Å². The van der Waals surface area contributed by atoms with E-state index in [9.17, 15) is 14.0 Å². The summed E-state index contributed by atoms with van der Waals surface area (Å²) in [5.41, 5.74) is 4.94. The van der Waals surface area contributed by atoms with E-state index in [1.165, 1.54) is 6.07 Å². The Morgan fingerprint density at radius 1 is 1.09 bits per heavy atom. The highest BCUT2D eigenvalue weighted by Crippen LogP contribution is 2.30. The Kier molecular flexibility index (Phi) is 5.74. The fourth-order valence-corrected chi connectivity index (χ4v) is 4.90. The molecule has 0 bridgehead atoms. The fourth-order valence-electron chi connectivity index (χ4n) is 4.90. The molecule has 1 aliphatic heterocycles. The summed E-state index contributed by atoms with van der Waals surface area (Å²) in [6.45, 7) is 5.17. The molecule has 172 valence electrons. The highest BCUT2D eigenvalue weighted by atomic mass is 19.1. The summed E-state index contributed by atoms with van der Waals surface area (Å²) in [5.74, 6) is 0.567. The number of nitrogens with zero attached hydrogens (tertiary/aromatic N) is 2. The third kappa shape index (κ3) is 4.23. The molecular weight excluding hydrogens is 429 g/mol. The van der Waals surface area contributed by atoms with E-state index in [1.807, 2.05) is 56.3 Å². The predicted octanol–water partition coefficient (Wildman–Crippen LogP) is 4.72. The fraction of sp³-hybridized carbons (Fsp3) is 0.250. The number of benzene rings is 3. The van der Waals surface area contributed by atoms with E-state index in [0.717, 1.165) is 33.5 Å². The molecule has 1 atom stereocenters. The van der Waals surface area contributed by atoms with E-state index in [2.05, 4.69) is 10.3 Å². The molecule has 34 heavy (non-hydrogen) atoms. The molecule has 6 heteroatoms. The first-order valence-corrected chi connectivity index (χ1v) is 11.5. The van der Waals surface area contributed by atoms with Crippen LogP contribution in [0.15, 0.2) is 65.5 Å². The molecule has 5 rings (SSSR count). The third-order valence-electron chi connectivity index (χ3n) is 6.56. The number of halogens is 1. The van der Waals surface area contributed by atoms with Crippen molar-refractivity contribution in [2.24, 2.45) is 0 Å². The number of anilines is 1. The Morgan fingerprint density at radius 2 is 1.91 bits per heavy atom. The highest BCUT2D eigenvalue weighted by molar-refractivity contribution is 5.89.